The van der Waals surface area contributed by atoms with Gasteiger partial charge in [0, 0.05) is 36.8 Å². The molecule has 0 radical (unpaired) electrons. The van der Waals surface area contributed by atoms with Crippen LogP contribution in [-0.2, 0) is 4.79 Å². The van der Waals surface area contributed by atoms with E-state index in [0.29, 0.717) is 36.1 Å². The van der Waals surface area contributed by atoms with E-state index in [1.165, 1.54) is 6.92 Å². The minimum atomic E-state index is -0.144. The van der Waals surface area contributed by atoms with Crippen LogP contribution in [0.5, 0.6) is 0 Å². The second-order valence-electron chi connectivity index (χ2n) is 6.49. The minimum absolute atomic E-state index is 0.0524. The van der Waals surface area contributed by atoms with Gasteiger partial charge in [-0.15, -0.1) is 0 Å². The van der Waals surface area contributed by atoms with Crippen molar-refractivity contribution < 1.29 is 14.1 Å². The maximum Gasteiger partial charge on any atom is 0.253 e. The third-order valence-electron chi connectivity index (χ3n) is 4.44. The Bertz CT molecular complexity index is 960. The number of aromatic nitrogens is 2. The smallest absolute Gasteiger partial charge is 0.253 e. The lowest BCUT2D eigenvalue weighted by molar-refractivity contribution is -0.114. The van der Waals surface area contributed by atoms with Crippen molar-refractivity contribution in [3.05, 3.63) is 66.1 Å². The maximum absolute atomic E-state index is 12.5. The highest BCUT2D eigenvalue weighted by atomic mass is 16.5. The fourth-order valence-electron chi connectivity index (χ4n) is 2.99. The van der Waals surface area contributed by atoms with Gasteiger partial charge in [-0.2, -0.15) is 4.98 Å². The van der Waals surface area contributed by atoms with E-state index in [1.54, 1.807) is 29.2 Å². The summed E-state index contributed by atoms with van der Waals surface area (Å²) in [5.74, 6) is 0.970. The quantitative estimate of drug-likeness (QED) is 0.771. The molecule has 7 heteroatoms. The van der Waals surface area contributed by atoms with Crippen molar-refractivity contribution in [3.8, 4) is 11.4 Å². The molecule has 3 aromatic rings. The summed E-state index contributed by atoms with van der Waals surface area (Å²) < 4.78 is 5.37. The number of rotatable bonds is 4. The van der Waals surface area contributed by atoms with Gasteiger partial charge in [0.05, 0.1) is 5.92 Å². The first-order valence-electron chi connectivity index (χ1n) is 8.66. The van der Waals surface area contributed by atoms with E-state index in [4.69, 9.17) is 4.52 Å². The number of anilines is 1. The lowest BCUT2D eigenvalue weighted by Gasteiger charge is -2.37. The molecule has 1 saturated heterocycles. The van der Waals surface area contributed by atoms with E-state index in [0.717, 1.165) is 5.56 Å². The normalized spacial score (nSPS) is 13.9. The number of amides is 2. The summed E-state index contributed by atoms with van der Waals surface area (Å²) >= 11 is 0. The van der Waals surface area contributed by atoms with Crippen LogP contribution in [0, 0.1) is 0 Å². The summed E-state index contributed by atoms with van der Waals surface area (Å²) in [5.41, 5.74) is 2.15. The Morgan fingerprint density at radius 2 is 1.78 bits per heavy atom. The number of hydrogen-bond acceptors (Lipinski definition) is 5. The second-order valence-corrected chi connectivity index (χ2v) is 6.49. The van der Waals surface area contributed by atoms with Crippen molar-refractivity contribution in [1.29, 1.82) is 0 Å². The SMILES string of the molecule is CC(=O)Nc1ccc(C(=O)N2CC(c3nc(-c4ccccc4)no3)C2)cc1. The van der Waals surface area contributed by atoms with Crippen LogP contribution < -0.4 is 5.32 Å². The Kier molecular flexibility index (Phi) is 4.42. The molecular weight excluding hydrogens is 344 g/mol. The molecule has 4 rings (SSSR count). The van der Waals surface area contributed by atoms with Gasteiger partial charge in [0.15, 0.2) is 0 Å². The van der Waals surface area contributed by atoms with Crippen molar-refractivity contribution in [1.82, 2.24) is 15.0 Å². The van der Waals surface area contributed by atoms with E-state index in [2.05, 4.69) is 15.5 Å². The molecule has 0 saturated carbocycles. The summed E-state index contributed by atoms with van der Waals surface area (Å²) in [4.78, 5) is 29.8. The Balaban J connectivity index is 1.37. The van der Waals surface area contributed by atoms with Crippen LogP contribution in [0.25, 0.3) is 11.4 Å². The lowest BCUT2D eigenvalue weighted by Crippen LogP contribution is -2.48. The Hall–Kier alpha value is -3.48. The van der Waals surface area contributed by atoms with E-state index >= 15 is 0 Å². The zero-order valence-electron chi connectivity index (χ0n) is 14.8. The van der Waals surface area contributed by atoms with E-state index in [1.807, 2.05) is 30.3 Å². The average molecular weight is 362 g/mol. The van der Waals surface area contributed by atoms with Gasteiger partial charge in [-0.1, -0.05) is 35.5 Å². The number of nitrogens with one attached hydrogen (secondary N) is 1. The standard InChI is InChI=1S/C20H18N4O3/c1-13(25)21-17-9-7-15(8-10-17)20(26)24-11-16(12-24)19-22-18(23-27-19)14-5-3-2-4-6-14/h2-10,16H,11-12H2,1H3,(H,21,25). The van der Waals surface area contributed by atoms with Gasteiger partial charge in [-0.3, -0.25) is 9.59 Å². The number of benzene rings is 2. The van der Waals surface area contributed by atoms with Gasteiger partial charge in [-0.05, 0) is 24.3 Å². The van der Waals surface area contributed by atoms with Crippen LogP contribution in [0.1, 0.15) is 29.1 Å². The number of likely N-dealkylation sites (tertiary alicyclic amines) is 1. The number of nitrogens with zero attached hydrogens (tertiary/aromatic N) is 3. The van der Waals surface area contributed by atoms with Crippen LogP contribution in [0.4, 0.5) is 5.69 Å². The zero-order valence-corrected chi connectivity index (χ0v) is 14.8. The number of hydrogen-bond donors (Lipinski definition) is 1. The molecule has 0 unspecified atom stereocenters. The molecule has 7 nitrogen and oxygen atoms in total. The Morgan fingerprint density at radius 3 is 2.44 bits per heavy atom. The van der Waals surface area contributed by atoms with Gasteiger partial charge in [-0.25, -0.2) is 0 Å². The number of carbonyl (C=O) groups excluding carboxylic acids is 2. The molecule has 0 aliphatic carbocycles. The Labute approximate surface area is 156 Å². The molecule has 0 spiro atoms. The molecule has 1 N–H and O–H groups in total. The second kappa shape index (κ2) is 7.03. The van der Waals surface area contributed by atoms with Crippen LogP contribution >= 0.6 is 0 Å². The van der Waals surface area contributed by atoms with Crippen molar-refractivity contribution in [2.24, 2.45) is 0 Å². The summed E-state index contributed by atoms with van der Waals surface area (Å²) in [7, 11) is 0. The Morgan fingerprint density at radius 1 is 1.07 bits per heavy atom. The molecule has 136 valence electrons. The molecule has 2 heterocycles. The van der Waals surface area contributed by atoms with E-state index < -0.39 is 0 Å². The summed E-state index contributed by atoms with van der Waals surface area (Å²) in [5, 5.41) is 6.71. The summed E-state index contributed by atoms with van der Waals surface area (Å²) in [6.45, 7) is 2.53. The molecule has 1 aromatic heterocycles. The van der Waals surface area contributed by atoms with Crippen LogP contribution in [0.2, 0.25) is 0 Å². The third-order valence-corrected chi connectivity index (χ3v) is 4.44. The van der Waals surface area contributed by atoms with Crippen LogP contribution in [-0.4, -0.2) is 39.9 Å². The van der Waals surface area contributed by atoms with Gasteiger partial charge in [0.2, 0.25) is 17.6 Å². The first-order chi connectivity index (χ1) is 13.1. The molecule has 1 aliphatic rings. The average Bonchev–Trinajstić information content (AvgIpc) is 3.11. The fraction of sp³-hybridized carbons (Fsp3) is 0.200. The fourth-order valence-corrected chi connectivity index (χ4v) is 2.99. The third kappa shape index (κ3) is 3.57. The predicted molar refractivity (Wildman–Crippen MR) is 99.1 cm³/mol. The molecular formula is C20H18N4O3. The van der Waals surface area contributed by atoms with Crippen molar-refractivity contribution in [2.75, 3.05) is 18.4 Å². The predicted octanol–water partition coefficient (Wildman–Crippen LogP) is 2.93. The van der Waals surface area contributed by atoms with E-state index in [-0.39, 0.29) is 17.7 Å². The molecule has 2 aromatic carbocycles. The molecule has 0 bridgehead atoms. The van der Waals surface area contributed by atoms with Crippen LogP contribution in [0.3, 0.4) is 0 Å². The molecule has 0 atom stereocenters. The van der Waals surface area contributed by atoms with Gasteiger partial charge in [0.1, 0.15) is 0 Å². The minimum Gasteiger partial charge on any atom is -0.339 e. The van der Waals surface area contributed by atoms with Gasteiger partial charge in [0.25, 0.3) is 5.91 Å². The van der Waals surface area contributed by atoms with Crippen LogP contribution in [0.15, 0.2) is 59.1 Å². The summed E-state index contributed by atoms with van der Waals surface area (Å²) in [6.07, 6.45) is 0. The van der Waals surface area contributed by atoms with Crippen molar-refractivity contribution >= 4 is 17.5 Å². The van der Waals surface area contributed by atoms with Gasteiger partial charge >= 0.3 is 0 Å². The first-order valence-corrected chi connectivity index (χ1v) is 8.66. The zero-order chi connectivity index (χ0) is 18.8. The first kappa shape index (κ1) is 17.0. The van der Waals surface area contributed by atoms with Crippen molar-refractivity contribution in [3.63, 3.8) is 0 Å². The maximum atomic E-state index is 12.5. The highest BCUT2D eigenvalue weighted by Crippen LogP contribution is 2.29. The largest absolute Gasteiger partial charge is 0.339 e. The number of carbonyl (C=O) groups is 2. The molecule has 1 aliphatic heterocycles. The topological polar surface area (TPSA) is 88.3 Å². The lowest BCUT2D eigenvalue weighted by atomic mass is 9.98. The highest BCUT2D eigenvalue weighted by Gasteiger charge is 2.36. The monoisotopic (exact) mass is 362 g/mol. The van der Waals surface area contributed by atoms with Gasteiger partial charge < -0.3 is 14.7 Å². The highest BCUT2D eigenvalue weighted by molar-refractivity contribution is 5.96. The van der Waals surface area contributed by atoms with E-state index in [9.17, 15) is 9.59 Å². The molecule has 27 heavy (non-hydrogen) atoms. The van der Waals surface area contributed by atoms with Crippen molar-refractivity contribution in [2.45, 2.75) is 12.8 Å². The molecule has 1 fully saturated rings. The summed E-state index contributed by atoms with van der Waals surface area (Å²) in [6, 6.07) is 16.5. The molecule has 2 amide bonds.